The predicted octanol–water partition coefficient (Wildman–Crippen LogP) is 2.90. The highest BCUT2D eigenvalue weighted by Gasteiger charge is 2.57. The lowest BCUT2D eigenvalue weighted by molar-refractivity contribution is -0.141. The molecule has 2 unspecified atom stereocenters. The third-order valence-electron chi connectivity index (χ3n) is 11.9. The maximum atomic E-state index is 14.8. The first-order valence-corrected chi connectivity index (χ1v) is 22.2. The Bertz CT molecular complexity index is 2400. The van der Waals surface area contributed by atoms with E-state index >= 15 is 0 Å². The Hall–Kier alpha value is -6.34. The number of carbonyl (C=O) groups excluding carboxylic acids is 5. The molecule has 0 bridgehead atoms. The van der Waals surface area contributed by atoms with Crippen LogP contribution >= 0.6 is 0 Å². The van der Waals surface area contributed by atoms with Gasteiger partial charge in [-0.15, -0.1) is 0 Å². The smallest absolute Gasteiger partial charge is 0.255 e. The van der Waals surface area contributed by atoms with Crippen LogP contribution < -0.4 is 16.0 Å². The number of nitrogens with one attached hydrogen (secondary N) is 3. The van der Waals surface area contributed by atoms with Gasteiger partial charge >= 0.3 is 0 Å². The molecule has 1 saturated heterocycles. The Labute approximate surface area is 382 Å². The summed E-state index contributed by atoms with van der Waals surface area (Å²) < 4.78 is 28.9. The molecule has 0 spiro atoms. The first kappa shape index (κ1) is 46.2. The second-order valence-electron chi connectivity index (χ2n) is 16.4. The number of hydrogen-bond acceptors (Lipinski definition) is 13. The van der Waals surface area contributed by atoms with Crippen molar-refractivity contribution in [3.63, 3.8) is 0 Å². The van der Waals surface area contributed by atoms with Crippen molar-refractivity contribution >= 4 is 41.1 Å². The van der Waals surface area contributed by atoms with Crippen molar-refractivity contribution in [2.24, 2.45) is 4.99 Å². The number of aliphatic hydroxyl groups is 1. The van der Waals surface area contributed by atoms with Gasteiger partial charge in [-0.3, -0.25) is 34.6 Å². The van der Waals surface area contributed by atoms with Crippen LogP contribution in [-0.4, -0.2) is 134 Å². The van der Waals surface area contributed by atoms with Crippen molar-refractivity contribution in [2.45, 2.75) is 56.3 Å². The number of anilines is 1. The highest BCUT2D eigenvalue weighted by Crippen LogP contribution is 2.46. The standard InChI is InChI=1S/C49H54N6O11/c56-41-19-18-40(45(59)52-41)55-30-38-37(47(55)60)16-9-17-39(38)51-43(58)32-65-27-26-64-25-24-63-23-22-62-21-20-50-42(57)31-54-29-35-14-7-8-15-36(35)44-49(48(54)61,28-33-10-3-1-4-11-33)53-46(66-44)34-12-5-2-6-13-34/h1-17,40,42,44,50,57H,18-32H2,(H,51,58)(H,52,56,59)/t40?,42?,44-,49-/m0/s1. The molecule has 4 aliphatic heterocycles. The van der Waals surface area contributed by atoms with Gasteiger partial charge in [-0.1, -0.05) is 78.9 Å². The molecule has 4 heterocycles. The van der Waals surface area contributed by atoms with Crippen molar-refractivity contribution in [3.8, 4) is 0 Å². The fraction of sp³-hybridized carbons (Fsp3) is 0.388. The molecule has 66 heavy (non-hydrogen) atoms. The van der Waals surface area contributed by atoms with Gasteiger partial charge in [-0.25, -0.2) is 4.99 Å². The highest BCUT2D eigenvalue weighted by atomic mass is 16.6. The van der Waals surface area contributed by atoms with E-state index in [2.05, 4.69) is 16.0 Å². The van der Waals surface area contributed by atoms with Crippen LogP contribution in [0.1, 0.15) is 57.1 Å². The second kappa shape index (κ2) is 21.8. The summed E-state index contributed by atoms with van der Waals surface area (Å²) in [5.41, 5.74) is 3.75. The third-order valence-corrected chi connectivity index (χ3v) is 11.9. The molecule has 17 nitrogen and oxygen atoms in total. The minimum Gasteiger partial charge on any atom is -0.466 e. The summed E-state index contributed by atoms with van der Waals surface area (Å²) in [5, 5.41) is 19.3. The molecule has 4 aromatic rings. The highest BCUT2D eigenvalue weighted by molar-refractivity contribution is 6.07. The molecule has 0 aromatic heterocycles. The summed E-state index contributed by atoms with van der Waals surface area (Å²) >= 11 is 0. The number of aliphatic hydroxyl groups excluding tert-OH is 1. The number of fused-ring (bicyclic) bond motifs is 4. The van der Waals surface area contributed by atoms with E-state index in [1.54, 1.807) is 23.1 Å². The zero-order chi connectivity index (χ0) is 45.9. The number of rotatable bonds is 22. The van der Waals surface area contributed by atoms with Gasteiger partial charge in [0.1, 0.15) is 18.9 Å². The topological polar surface area (TPSA) is 207 Å². The van der Waals surface area contributed by atoms with Gasteiger partial charge in [-0.05, 0) is 41.8 Å². The Kier molecular flexibility index (Phi) is 15.2. The number of piperidine rings is 1. The fourth-order valence-corrected chi connectivity index (χ4v) is 8.70. The largest absolute Gasteiger partial charge is 0.466 e. The van der Waals surface area contributed by atoms with Crippen LogP contribution in [0, 0.1) is 0 Å². The van der Waals surface area contributed by atoms with Gasteiger partial charge in [0.25, 0.3) is 11.8 Å². The van der Waals surface area contributed by atoms with Crippen LogP contribution in [0.4, 0.5) is 5.69 Å². The van der Waals surface area contributed by atoms with E-state index in [0.717, 1.165) is 22.3 Å². The molecule has 0 aliphatic carbocycles. The van der Waals surface area contributed by atoms with Gasteiger partial charge in [0.05, 0.1) is 52.8 Å². The molecule has 17 heteroatoms. The summed E-state index contributed by atoms with van der Waals surface area (Å²) in [5.74, 6) is -1.39. The monoisotopic (exact) mass is 902 g/mol. The minimum atomic E-state index is -1.29. The van der Waals surface area contributed by atoms with Gasteiger partial charge in [0, 0.05) is 60.4 Å². The minimum absolute atomic E-state index is 0.0288. The Morgan fingerprint density at radius 3 is 2.24 bits per heavy atom. The van der Waals surface area contributed by atoms with Gasteiger partial charge < -0.3 is 43.9 Å². The molecule has 4 aromatic carbocycles. The molecular weight excluding hydrogens is 849 g/mol. The Morgan fingerprint density at radius 1 is 0.818 bits per heavy atom. The summed E-state index contributed by atoms with van der Waals surface area (Å²) in [6.07, 6.45) is -0.959. The average molecular weight is 903 g/mol. The number of aliphatic imine (C=N–C) groups is 1. The van der Waals surface area contributed by atoms with Crippen molar-refractivity contribution < 1.29 is 52.8 Å². The van der Waals surface area contributed by atoms with E-state index < -0.39 is 35.7 Å². The van der Waals surface area contributed by atoms with Crippen molar-refractivity contribution in [3.05, 3.63) is 137 Å². The molecule has 4 N–H and O–H groups in total. The molecule has 5 amide bonds. The van der Waals surface area contributed by atoms with E-state index in [9.17, 15) is 29.1 Å². The third kappa shape index (κ3) is 10.8. The fourth-order valence-electron chi connectivity index (χ4n) is 8.70. The number of hydrogen-bond donors (Lipinski definition) is 4. The maximum Gasteiger partial charge on any atom is 0.255 e. The zero-order valence-corrected chi connectivity index (χ0v) is 36.5. The van der Waals surface area contributed by atoms with Crippen LogP contribution in [0.5, 0.6) is 0 Å². The number of β-amino-alcohol motifs (C(OH)–C–C–N with tert-alkyl or cyclic N) is 1. The number of benzene rings is 4. The van der Waals surface area contributed by atoms with E-state index in [0.29, 0.717) is 75.3 Å². The van der Waals surface area contributed by atoms with Crippen LogP contribution in [0.25, 0.3) is 0 Å². The lowest BCUT2D eigenvalue weighted by Crippen LogP contribution is -2.53. The van der Waals surface area contributed by atoms with Crippen LogP contribution in [0.15, 0.2) is 108 Å². The number of imide groups is 1. The Balaban J connectivity index is 0.707. The molecule has 8 rings (SSSR count). The summed E-state index contributed by atoms with van der Waals surface area (Å²) in [6, 6.07) is 31.5. The second-order valence-corrected chi connectivity index (χ2v) is 16.4. The predicted molar refractivity (Wildman–Crippen MR) is 240 cm³/mol. The summed E-state index contributed by atoms with van der Waals surface area (Å²) in [6.45, 7) is 2.62. The van der Waals surface area contributed by atoms with Crippen molar-refractivity contribution in [2.75, 3.05) is 71.3 Å². The van der Waals surface area contributed by atoms with Crippen molar-refractivity contribution in [1.29, 1.82) is 0 Å². The van der Waals surface area contributed by atoms with Crippen LogP contribution in [0.2, 0.25) is 0 Å². The van der Waals surface area contributed by atoms with E-state index in [-0.39, 0.29) is 63.5 Å². The molecule has 4 atom stereocenters. The van der Waals surface area contributed by atoms with Crippen LogP contribution in [-0.2, 0) is 62.4 Å². The maximum absolute atomic E-state index is 14.8. The van der Waals surface area contributed by atoms with E-state index in [1.807, 2.05) is 84.9 Å². The molecule has 0 saturated carbocycles. The Morgan fingerprint density at radius 2 is 1.50 bits per heavy atom. The first-order chi connectivity index (χ1) is 32.2. The average Bonchev–Trinajstić information content (AvgIpc) is 3.85. The lowest BCUT2D eigenvalue weighted by Gasteiger charge is -2.33. The van der Waals surface area contributed by atoms with E-state index in [1.165, 1.54) is 4.90 Å². The lowest BCUT2D eigenvalue weighted by atomic mass is 9.81. The molecule has 0 radical (unpaired) electrons. The summed E-state index contributed by atoms with van der Waals surface area (Å²) in [4.78, 5) is 72.7. The van der Waals surface area contributed by atoms with Crippen molar-refractivity contribution in [1.82, 2.24) is 20.4 Å². The molecule has 1 fully saturated rings. The molecule has 346 valence electrons. The van der Waals surface area contributed by atoms with Gasteiger partial charge in [0.2, 0.25) is 23.6 Å². The number of nitrogens with zero attached hydrogens (tertiary/aromatic N) is 3. The SMILES string of the molecule is O=C1CCC(N2Cc3c(NC(=O)COCCOCCOCCOCCNC(O)CN4Cc5ccccc5[C@@H]5OC(c6ccccc6)=N[C@]5(Cc5ccccc5)C4=O)cccc3C2=O)C(=O)N1. The zero-order valence-electron chi connectivity index (χ0n) is 36.5. The van der Waals surface area contributed by atoms with E-state index in [4.69, 9.17) is 28.7 Å². The van der Waals surface area contributed by atoms with Gasteiger partial charge in [-0.2, -0.15) is 0 Å². The molecular formula is C49H54N6O11. The number of ether oxygens (including phenoxy) is 5. The summed E-state index contributed by atoms with van der Waals surface area (Å²) in [7, 11) is 0. The number of amides is 5. The quantitative estimate of drug-likeness (QED) is 0.0511. The molecule has 4 aliphatic rings. The first-order valence-electron chi connectivity index (χ1n) is 22.2. The normalized spacial score (nSPS) is 20.5. The van der Waals surface area contributed by atoms with Crippen LogP contribution in [0.3, 0.4) is 0 Å². The number of carbonyl (C=O) groups is 5. The van der Waals surface area contributed by atoms with Gasteiger partial charge in [0.15, 0.2) is 11.6 Å².